The SMILES string of the molecule is CCn1ccc(CNCc2ccn(C)n2)n1. The van der Waals surface area contributed by atoms with Crippen LogP contribution in [0.15, 0.2) is 24.5 Å². The van der Waals surface area contributed by atoms with Crippen molar-refractivity contribution in [2.75, 3.05) is 0 Å². The van der Waals surface area contributed by atoms with Crippen LogP contribution in [-0.4, -0.2) is 19.6 Å². The number of nitrogens with zero attached hydrogens (tertiary/aromatic N) is 4. The summed E-state index contributed by atoms with van der Waals surface area (Å²) in [7, 11) is 1.92. The van der Waals surface area contributed by atoms with Crippen LogP contribution in [-0.2, 0) is 26.7 Å². The van der Waals surface area contributed by atoms with Crippen LogP contribution >= 0.6 is 0 Å². The fraction of sp³-hybridized carbons (Fsp3) is 0.455. The second-order valence-corrected chi connectivity index (χ2v) is 3.75. The average molecular weight is 219 g/mol. The normalized spacial score (nSPS) is 10.9. The molecule has 2 aromatic heterocycles. The summed E-state index contributed by atoms with van der Waals surface area (Å²) < 4.78 is 3.74. The number of rotatable bonds is 5. The molecule has 86 valence electrons. The van der Waals surface area contributed by atoms with Crippen molar-refractivity contribution in [1.29, 1.82) is 0 Å². The van der Waals surface area contributed by atoms with Gasteiger partial charge < -0.3 is 5.32 Å². The Balaban J connectivity index is 1.79. The molecule has 16 heavy (non-hydrogen) atoms. The molecular weight excluding hydrogens is 202 g/mol. The Morgan fingerprint density at radius 2 is 1.81 bits per heavy atom. The first-order valence-electron chi connectivity index (χ1n) is 5.49. The van der Waals surface area contributed by atoms with Crippen LogP contribution < -0.4 is 5.32 Å². The van der Waals surface area contributed by atoms with E-state index in [-0.39, 0.29) is 0 Å². The van der Waals surface area contributed by atoms with E-state index in [1.165, 1.54) is 0 Å². The Bertz CT molecular complexity index is 443. The van der Waals surface area contributed by atoms with Crippen LogP contribution in [0.4, 0.5) is 0 Å². The van der Waals surface area contributed by atoms with E-state index in [2.05, 4.69) is 22.4 Å². The van der Waals surface area contributed by atoms with E-state index >= 15 is 0 Å². The fourth-order valence-electron chi connectivity index (χ4n) is 1.55. The van der Waals surface area contributed by atoms with Crippen LogP contribution in [0.2, 0.25) is 0 Å². The summed E-state index contributed by atoms with van der Waals surface area (Å²) in [5.41, 5.74) is 2.12. The Hall–Kier alpha value is -1.62. The Morgan fingerprint density at radius 1 is 1.12 bits per heavy atom. The highest BCUT2D eigenvalue weighted by atomic mass is 15.3. The number of aromatic nitrogens is 4. The van der Waals surface area contributed by atoms with Crippen LogP contribution in [0.5, 0.6) is 0 Å². The van der Waals surface area contributed by atoms with E-state index in [0.717, 1.165) is 31.0 Å². The van der Waals surface area contributed by atoms with E-state index in [1.54, 1.807) is 0 Å². The van der Waals surface area contributed by atoms with Gasteiger partial charge in [-0.3, -0.25) is 9.36 Å². The number of aryl methyl sites for hydroxylation is 2. The summed E-state index contributed by atoms with van der Waals surface area (Å²) in [6.07, 6.45) is 3.95. The van der Waals surface area contributed by atoms with E-state index in [1.807, 2.05) is 40.9 Å². The van der Waals surface area contributed by atoms with Gasteiger partial charge in [-0.15, -0.1) is 0 Å². The predicted octanol–water partition coefficient (Wildman–Crippen LogP) is 0.926. The zero-order valence-electron chi connectivity index (χ0n) is 9.72. The summed E-state index contributed by atoms with van der Waals surface area (Å²) in [5.74, 6) is 0. The number of nitrogens with one attached hydrogen (secondary N) is 1. The molecule has 0 aliphatic heterocycles. The maximum atomic E-state index is 4.39. The van der Waals surface area contributed by atoms with Gasteiger partial charge in [0.15, 0.2) is 0 Å². The molecule has 0 amide bonds. The maximum absolute atomic E-state index is 4.39. The highest BCUT2D eigenvalue weighted by Gasteiger charge is 1.99. The Labute approximate surface area is 95.1 Å². The van der Waals surface area contributed by atoms with Gasteiger partial charge in [-0.1, -0.05) is 0 Å². The van der Waals surface area contributed by atoms with E-state index in [4.69, 9.17) is 0 Å². The standard InChI is InChI=1S/C11H17N5/c1-3-16-7-5-11(14-16)9-12-8-10-4-6-15(2)13-10/h4-7,12H,3,8-9H2,1-2H3. The number of hydrogen-bond acceptors (Lipinski definition) is 3. The van der Waals surface area contributed by atoms with Gasteiger partial charge in [0.1, 0.15) is 0 Å². The molecule has 0 aromatic carbocycles. The summed E-state index contributed by atoms with van der Waals surface area (Å²) >= 11 is 0. The average Bonchev–Trinajstić information content (AvgIpc) is 2.88. The summed E-state index contributed by atoms with van der Waals surface area (Å²) in [4.78, 5) is 0. The van der Waals surface area contributed by atoms with Crippen LogP contribution in [0.25, 0.3) is 0 Å². The molecule has 5 heteroatoms. The minimum absolute atomic E-state index is 0.778. The highest BCUT2D eigenvalue weighted by Crippen LogP contribution is 1.97. The molecule has 0 fully saturated rings. The smallest absolute Gasteiger partial charge is 0.0762 e. The molecule has 0 atom stereocenters. The molecule has 2 rings (SSSR count). The number of hydrogen-bond donors (Lipinski definition) is 1. The minimum Gasteiger partial charge on any atom is -0.305 e. The van der Waals surface area contributed by atoms with Gasteiger partial charge in [0.05, 0.1) is 11.4 Å². The Morgan fingerprint density at radius 3 is 2.38 bits per heavy atom. The first-order chi connectivity index (χ1) is 7.78. The lowest BCUT2D eigenvalue weighted by Crippen LogP contribution is -2.14. The van der Waals surface area contributed by atoms with E-state index in [0.29, 0.717) is 0 Å². The largest absolute Gasteiger partial charge is 0.305 e. The molecule has 0 aliphatic rings. The highest BCUT2D eigenvalue weighted by molar-refractivity contribution is 5.01. The quantitative estimate of drug-likeness (QED) is 0.813. The van der Waals surface area contributed by atoms with Gasteiger partial charge in [0, 0.05) is 39.1 Å². The zero-order chi connectivity index (χ0) is 11.4. The molecular formula is C11H17N5. The lowest BCUT2D eigenvalue weighted by Gasteiger charge is -1.99. The summed E-state index contributed by atoms with van der Waals surface area (Å²) in [6.45, 7) is 4.56. The van der Waals surface area contributed by atoms with Crippen LogP contribution in [0.3, 0.4) is 0 Å². The third-order valence-electron chi connectivity index (χ3n) is 2.40. The summed E-state index contributed by atoms with van der Waals surface area (Å²) in [6, 6.07) is 4.05. The first-order valence-corrected chi connectivity index (χ1v) is 5.49. The summed E-state index contributed by atoms with van der Waals surface area (Å²) in [5, 5.41) is 12.0. The van der Waals surface area contributed by atoms with Crippen molar-refractivity contribution in [2.45, 2.75) is 26.6 Å². The van der Waals surface area contributed by atoms with Gasteiger partial charge in [0.25, 0.3) is 0 Å². The Kier molecular flexibility index (Phi) is 3.36. The minimum atomic E-state index is 0.778. The molecule has 0 saturated heterocycles. The van der Waals surface area contributed by atoms with E-state index < -0.39 is 0 Å². The predicted molar refractivity (Wildman–Crippen MR) is 61.7 cm³/mol. The fourth-order valence-corrected chi connectivity index (χ4v) is 1.55. The van der Waals surface area contributed by atoms with E-state index in [9.17, 15) is 0 Å². The second-order valence-electron chi connectivity index (χ2n) is 3.75. The molecule has 2 heterocycles. The van der Waals surface area contributed by atoms with Crippen molar-refractivity contribution in [3.8, 4) is 0 Å². The molecule has 5 nitrogen and oxygen atoms in total. The lowest BCUT2D eigenvalue weighted by molar-refractivity contribution is 0.611. The van der Waals surface area contributed by atoms with Crippen LogP contribution in [0, 0.1) is 0 Å². The van der Waals surface area contributed by atoms with Gasteiger partial charge >= 0.3 is 0 Å². The van der Waals surface area contributed by atoms with Gasteiger partial charge in [-0.25, -0.2) is 0 Å². The molecule has 1 N–H and O–H groups in total. The molecule has 0 unspecified atom stereocenters. The van der Waals surface area contributed by atoms with Crippen molar-refractivity contribution in [2.24, 2.45) is 7.05 Å². The lowest BCUT2D eigenvalue weighted by atomic mass is 10.4. The van der Waals surface area contributed by atoms with Crippen molar-refractivity contribution in [3.63, 3.8) is 0 Å². The molecule has 0 radical (unpaired) electrons. The molecule has 0 bridgehead atoms. The van der Waals surface area contributed by atoms with Crippen molar-refractivity contribution >= 4 is 0 Å². The maximum Gasteiger partial charge on any atom is 0.0762 e. The van der Waals surface area contributed by atoms with Crippen molar-refractivity contribution in [3.05, 3.63) is 35.9 Å². The third-order valence-corrected chi connectivity index (χ3v) is 2.40. The molecule has 0 aliphatic carbocycles. The van der Waals surface area contributed by atoms with Crippen LogP contribution in [0.1, 0.15) is 18.3 Å². The first kappa shape index (κ1) is 10.9. The third kappa shape index (κ3) is 2.70. The molecule has 0 spiro atoms. The van der Waals surface area contributed by atoms with Gasteiger partial charge in [-0.2, -0.15) is 10.2 Å². The molecule has 0 saturated carbocycles. The van der Waals surface area contributed by atoms with Crippen molar-refractivity contribution < 1.29 is 0 Å². The van der Waals surface area contributed by atoms with Crippen molar-refractivity contribution in [1.82, 2.24) is 24.9 Å². The topological polar surface area (TPSA) is 47.7 Å². The van der Waals surface area contributed by atoms with Gasteiger partial charge in [-0.05, 0) is 19.1 Å². The zero-order valence-corrected chi connectivity index (χ0v) is 9.72. The molecule has 2 aromatic rings. The second kappa shape index (κ2) is 4.94. The van der Waals surface area contributed by atoms with Gasteiger partial charge in [0.2, 0.25) is 0 Å². The monoisotopic (exact) mass is 219 g/mol.